The molecule has 7 nitrogen and oxygen atoms in total. The lowest BCUT2D eigenvalue weighted by Crippen LogP contribution is -2.14. The van der Waals surface area contributed by atoms with Gasteiger partial charge in [0.15, 0.2) is 0 Å². The molecule has 3 N–H and O–H groups in total. The van der Waals surface area contributed by atoms with Gasteiger partial charge in [-0.25, -0.2) is 0 Å². The van der Waals surface area contributed by atoms with Crippen molar-refractivity contribution in [2.24, 2.45) is 0 Å². The molecule has 7 heteroatoms. The Morgan fingerprint density at radius 2 is 1.90 bits per heavy atom. The van der Waals surface area contributed by atoms with Crippen LogP contribution in [0, 0.1) is 10.1 Å². The molecule has 0 aliphatic heterocycles. The van der Waals surface area contributed by atoms with E-state index in [1.165, 1.54) is 25.3 Å². The first kappa shape index (κ1) is 14.3. The fraction of sp³-hybridized carbons (Fsp3) is 0.0714. The molecule has 2 rings (SSSR count). The van der Waals surface area contributed by atoms with Crippen molar-refractivity contribution in [2.75, 3.05) is 18.2 Å². The maximum absolute atomic E-state index is 12.1. The molecule has 0 atom stereocenters. The first-order valence-electron chi connectivity index (χ1n) is 6.00. The summed E-state index contributed by atoms with van der Waals surface area (Å²) in [6.45, 7) is 0. The van der Waals surface area contributed by atoms with Gasteiger partial charge >= 0.3 is 0 Å². The molecule has 0 spiro atoms. The number of nitrogens with zero attached hydrogens (tertiary/aromatic N) is 1. The molecule has 108 valence electrons. The fourth-order valence-corrected chi connectivity index (χ4v) is 1.77. The Morgan fingerprint density at radius 3 is 2.48 bits per heavy atom. The summed E-state index contributed by atoms with van der Waals surface area (Å²) < 4.78 is 5.01. The number of amides is 1. The van der Waals surface area contributed by atoms with E-state index in [1.807, 2.05) is 0 Å². The number of nitro groups is 1. The minimum Gasteiger partial charge on any atom is -0.497 e. The highest BCUT2D eigenvalue weighted by Gasteiger charge is 2.20. The maximum Gasteiger partial charge on any atom is 0.282 e. The van der Waals surface area contributed by atoms with E-state index in [2.05, 4.69) is 5.32 Å². The third-order valence-electron chi connectivity index (χ3n) is 2.81. The van der Waals surface area contributed by atoms with Crippen LogP contribution >= 0.6 is 0 Å². The highest BCUT2D eigenvalue weighted by Crippen LogP contribution is 2.23. The highest BCUT2D eigenvalue weighted by atomic mass is 16.6. The summed E-state index contributed by atoms with van der Waals surface area (Å²) in [4.78, 5) is 22.5. The average Bonchev–Trinajstić information content (AvgIpc) is 2.47. The van der Waals surface area contributed by atoms with Gasteiger partial charge in [0.25, 0.3) is 11.6 Å². The number of hydrogen-bond donors (Lipinski definition) is 2. The topological polar surface area (TPSA) is 107 Å². The van der Waals surface area contributed by atoms with E-state index >= 15 is 0 Å². The van der Waals surface area contributed by atoms with Crippen LogP contribution in [0.3, 0.4) is 0 Å². The zero-order valence-corrected chi connectivity index (χ0v) is 11.2. The lowest BCUT2D eigenvalue weighted by molar-refractivity contribution is -0.385. The molecule has 1 amide bonds. The van der Waals surface area contributed by atoms with Gasteiger partial charge in [0.2, 0.25) is 0 Å². The van der Waals surface area contributed by atoms with Crippen LogP contribution in [0.25, 0.3) is 0 Å². The van der Waals surface area contributed by atoms with E-state index in [0.717, 1.165) is 0 Å². The monoisotopic (exact) mass is 287 g/mol. The van der Waals surface area contributed by atoms with Crippen molar-refractivity contribution in [1.82, 2.24) is 0 Å². The second-order valence-electron chi connectivity index (χ2n) is 4.22. The predicted molar refractivity (Wildman–Crippen MR) is 78.5 cm³/mol. The Hall–Kier alpha value is -3.09. The van der Waals surface area contributed by atoms with E-state index in [9.17, 15) is 14.9 Å². The second kappa shape index (κ2) is 5.91. The van der Waals surface area contributed by atoms with Crippen LogP contribution in [-0.2, 0) is 0 Å². The number of carbonyl (C=O) groups is 1. The number of methoxy groups -OCH3 is 1. The van der Waals surface area contributed by atoms with Gasteiger partial charge in [0.05, 0.1) is 12.0 Å². The quantitative estimate of drug-likeness (QED) is 0.510. The first-order valence-corrected chi connectivity index (χ1v) is 6.00. The van der Waals surface area contributed by atoms with Crippen molar-refractivity contribution >= 4 is 23.0 Å². The number of ether oxygens (including phenoxy) is 1. The Morgan fingerprint density at radius 1 is 1.24 bits per heavy atom. The molecule has 2 aromatic rings. The van der Waals surface area contributed by atoms with Crippen molar-refractivity contribution in [3.63, 3.8) is 0 Å². The second-order valence-corrected chi connectivity index (χ2v) is 4.22. The van der Waals surface area contributed by atoms with Gasteiger partial charge in [-0.05, 0) is 36.4 Å². The van der Waals surface area contributed by atoms with Crippen molar-refractivity contribution < 1.29 is 14.5 Å². The number of benzene rings is 2. The zero-order valence-electron chi connectivity index (χ0n) is 11.2. The Labute approximate surface area is 120 Å². The van der Waals surface area contributed by atoms with Gasteiger partial charge in [-0.2, -0.15) is 0 Å². The molecule has 0 fully saturated rings. The zero-order chi connectivity index (χ0) is 15.4. The van der Waals surface area contributed by atoms with Crippen molar-refractivity contribution in [2.45, 2.75) is 0 Å². The maximum atomic E-state index is 12.1. The van der Waals surface area contributed by atoms with Crippen LogP contribution in [0.15, 0.2) is 42.5 Å². The van der Waals surface area contributed by atoms with Crippen LogP contribution in [0.4, 0.5) is 17.1 Å². The Balaban J connectivity index is 2.27. The van der Waals surface area contributed by atoms with Crippen molar-refractivity contribution in [3.8, 4) is 5.75 Å². The highest BCUT2D eigenvalue weighted by molar-refractivity contribution is 6.07. The molecule has 0 aromatic heterocycles. The number of anilines is 2. The summed E-state index contributed by atoms with van der Waals surface area (Å²) >= 11 is 0. The smallest absolute Gasteiger partial charge is 0.282 e. The molecule has 0 radical (unpaired) electrons. The first-order chi connectivity index (χ1) is 10.0. The van der Waals surface area contributed by atoms with E-state index < -0.39 is 10.8 Å². The van der Waals surface area contributed by atoms with Gasteiger partial charge in [-0.15, -0.1) is 0 Å². The molecule has 0 aliphatic rings. The molecule has 2 aromatic carbocycles. The average molecular weight is 287 g/mol. The molecule has 0 bridgehead atoms. The largest absolute Gasteiger partial charge is 0.497 e. The minimum atomic E-state index is -0.623. The van der Waals surface area contributed by atoms with Gasteiger partial charge < -0.3 is 15.8 Å². The molecule has 0 saturated carbocycles. The van der Waals surface area contributed by atoms with Gasteiger partial charge in [0, 0.05) is 17.4 Å². The standard InChI is InChI=1S/C14H13N3O4/c1-21-11-5-3-10(4-6-11)16-14(18)12-8-9(15)2-7-13(12)17(19)20/h2-8H,15H2,1H3,(H,16,18). The van der Waals surface area contributed by atoms with Crippen LogP contribution in [0.5, 0.6) is 5.75 Å². The van der Waals surface area contributed by atoms with Crippen LogP contribution in [0.1, 0.15) is 10.4 Å². The minimum absolute atomic E-state index is 0.0872. The number of rotatable bonds is 4. The van der Waals surface area contributed by atoms with Crippen LogP contribution in [-0.4, -0.2) is 17.9 Å². The molecule has 21 heavy (non-hydrogen) atoms. The van der Waals surface area contributed by atoms with Crippen LogP contribution < -0.4 is 15.8 Å². The molecule has 0 saturated heterocycles. The van der Waals surface area contributed by atoms with Crippen molar-refractivity contribution in [3.05, 3.63) is 58.1 Å². The Kier molecular flexibility index (Phi) is 4.03. The van der Waals surface area contributed by atoms with Gasteiger partial charge in [-0.1, -0.05) is 0 Å². The Bertz CT molecular complexity index is 683. The molecule has 0 heterocycles. The normalized spacial score (nSPS) is 9.95. The van der Waals surface area contributed by atoms with E-state index in [0.29, 0.717) is 11.4 Å². The summed E-state index contributed by atoms with van der Waals surface area (Å²) in [5, 5.41) is 13.5. The fourth-order valence-electron chi connectivity index (χ4n) is 1.77. The summed E-state index contributed by atoms with van der Waals surface area (Å²) in [5.74, 6) is 0.0436. The summed E-state index contributed by atoms with van der Waals surface area (Å²) in [5.41, 5.74) is 5.97. The van der Waals surface area contributed by atoms with Crippen LogP contribution in [0.2, 0.25) is 0 Å². The third kappa shape index (κ3) is 3.27. The lowest BCUT2D eigenvalue weighted by Gasteiger charge is -2.07. The SMILES string of the molecule is COc1ccc(NC(=O)c2cc(N)ccc2[N+](=O)[O-])cc1. The van der Waals surface area contributed by atoms with Crippen molar-refractivity contribution in [1.29, 1.82) is 0 Å². The van der Waals surface area contributed by atoms with Gasteiger partial charge in [-0.3, -0.25) is 14.9 Å². The number of carbonyl (C=O) groups excluding carboxylic acids is 1. The predicted octanol–water partition coefficient (Wildman–Crippen LogP) is 2.44. The van der Waals surface area contributed by atoms with E-state index in [4.69, 9.17) is 10.5 Å². The summed E-state index contributed by atoms with van der Waals surface area (Å²) in [6, 6.07) is 10.5. The summed E-state index contributed by atoms with van der Waals surface area (Å²) in [7, 11) is 1.53. The molecule has 0 aliphatic carbocycles. The third-order valence-corrected chi connectivity index (χ3v) is 2.81. The molecular weight excluding hydrogens is 274 g/mol. The number of nitrogen functional groups attached to an aromatic ring is 1. The number of hydrogen-bond acceptors (Lipinski definition) is 5. The van der Waals surface area contributed by atoms with Gasteiger partial charge in [0.1, 0.15) is 11.3 Å². The number of nitrogens with two attached hydrogens (primary N) is 1. The number of nitro benzene ring substituents is 1. The van der Waals surface area contributed by atoms with E-state index in [-0.39, 0.29) is 16.9 Å². The van der Waals surface area contributed by atoms with E-state index in [1.54, 1.807) is 24.3 Å². The molecular formula is C14H13N3O4. The molecule has 0 unspecified atom stereocenters. The lowest BCUT2D eigenvalue weighted by atomic mass is 10.1. The number of nitrogens with one attached hydrogen (secondary N) is 1. The summed E-state index contributed by atoms with van der Waals surface area (Å²) in [6.07, 6.45) is 0.